The lowest BCUT2D eigenvalue weighted by Gasteiger charge is -2.16. The van der Waals surface area contributed by atoms with E-state index in [1.807, 2.05) is 76.2 Å². The largest absolute Gasteiger partial charge is 0.494 e. The van der Waals surface area contributed by atoms with Gasteiger partial charge in [-0.3, -0.25) is 14.5 Å². The van der Waals surface area contributed by atoms with Crippen molar-refractivity contribution >= 4 is 23.1 Å². The molecular weight excluding hydrogens is 432 g/mol. The average Bonchev–Trinajstić information content (AvgIpc) is 3.06. The number of benzene rings is 2. The van der Waals surface area contributed by atoms with E-state index < -0.39 is 0 Å². The van der Waals surface area contributed by atoms with Crippen molar-refractivity contribution < 1.29 is 23.8 Å². The Morgan fingerprint density at radius 2 is 1.50 bits per heavy atom. The summed E-state index contributed by atoms with van der Waals surface area (Å²) >= 11 is 0. The summed E-state index contributed by atoms with van der Waals surface area (Å²) in [6.07, 6.45) is 1.58. The molecule has 182 valence electrons. The van der Waals surface area contributed by atoms with Gasteiger partial charge in [0.25, 0.3) is 11.8 Å². The molecule has 1 aliphatic rings. The topological polar surface area (TPSA) is 77.1 Å². The zero-order valence-electron chi connectivity index (χ0n) is 20.4. The van der Waals surface area contributed by atoms with Crippen LogP contribution in [0.25, 0.3) is 5.57 Å². The minimum Gasteiger partial charge on any atom is -0.494 e. The highest BCUT2D eigenvalue weighted by Gasteiger charge is 2.38. The van der Waals surface area contributed by atoms with Gasteiger partial charge in [-0.1, -0.05) is 19.1 Å². The first-order valence-corrected chi connectivity index (χ1v) is 11.9. The van der Waals surface area contributed by atoms with Gasteiger partial charge in [0.05, 0.1) is 24.9 Å². The van der Waals surface area contributed by atoms with E-state index in [1.165, 1.54) is 4.90 Å². The van der Waals surface area contributed by atoms with Crippen LogP contribution in [-0.4, -0.2) is 49.2 Å². The number of anilines is 1. The number of hydrogen-bond acceptors (Lipinski definition) is 6. The smallest absolute Gasteiger partial charge is 0.278 e. The van der Waals surface area contributed by atoms with Crippen LogP contribution in [0.2, 0.25) is 0 Å². The van der Waals surface area contributed by atoms with E-state index in [-0.39, 0.29) is 23.6 Å². The van der Waals surface area contributed by atoms with Crippen LogP contribution in [0.15, 0.2) is 54.2 Å². The molecule has 7 nitrogen and oxygen atoms in total. The van der Waals surface area contributed by atoms with Crippen LogP contribution < -0.4 is 14.8 Å². The Morgan fingerprint density at radius 3 is 2.12 bits per heavy atom. The second-order valence-electron chi connectivity index (χ2n) is 8.24. The van der Waals surface area contributed by atoms with E-state index in [4.69, 9.17) is 14.2 Å². The van der Waals surface area contributed by atoms with E-state index in [2.05, 4.69) is 5.32 Å². The summed E-state index contributed by atoms with van der Waals surface area (Å²) in [6, 6.07) is 14.6. The van der Waals surface area contributed by atoms with Crippen LogP contribution in [0, 0.1) is 0 Å². The maximum atomic E-state index is 13.4. The molecule has 0 radical (unpaired) electrons. The summed E-state index contributed by atoms with van der Waals surface area (Å²) in [5.41, 5.74) is 1.98. The molecule has 0 fully saturated rings. The summed E-state index contributed by atoms with van der Waals surface area (Å²) in [5.74, 6) is 0.812. The fourth-order valence-corrected chi connectivity index (χ4v) is 3.59. The molecule has 0 spiro atoms. The molecule has 34 heavy (non-hydrogen) atoms. The Morgan fingerprint density at radius 1 is 0.853 bits per heavy atom. The lowest BCUT2D eigenvalue weighted by molar-refractivity contribution is -0.137. The molecule has 0 unspecified atom stereocenters. The van der Waals surface area contributed by atoms with E-state index in [9.17, 15) is 9.59 Å². The number of nitrogens with zero attached hydrogens (tertiary/aromatic N) is 1. The molecule has 1 aliphatic heterocycles. The van der Waals surface area contributed by atoms with Gasteiger partial charge < -0.3 is 19.5 Å². The number of hydrogen-bond donors (Lipinski definition) is 1. The fourth-order valence-electron chi connectivity index (χ4n) is 3.59. The van der Waals surface area contributed by atoms with Gasteiger partial charge in [0.15, 0.2) is 0 Å². The Hall–Kier alpha value is -3.32. The molecule has 0 atom stereocenters. The number of carbonyl (C=O) groups is 2. The molecular formula is C27H34N2O5. The van der Waals surface area contributed by atoms with Crippen LogP contribution in [0.4, 0.5) is 5.69 Å². The standard InChI is InChI=1S/C27H34N2O5/c1-5-17-34-23-12-8-20(9-13-23)24-25(28-21-10-14-22(15-11-21)32-6-2)27(31)29(26(24)30)16-7-18-33-19(3)4/h8-15,19,28H,5-7,16-18H2,1-4H3. The van der Waals surface area contributed by atoms with Crippen molar-refractivity contribution in [1.29, 1.82) is 0 Å². The first-order valence-electron chi connectivity index (χ1n) is 11.9. The molecule has 0 aliphatic carbocycles. The SMILES string of the molecule is CCCOc1ccc(C2=C(Nc3ccc(OCC)cc3)C(=O)N(CCCOC(C)C)C2=O)cc1. The first kappa shape index (κ1) is 25.3. The van der Waals surface area contributed by atoms with Crippen molar-refractivity contribution in [1.82, 2.24) is 4.90 Å². The zero-order valence-corrected chi connectivity index (χ0v) is 20.4. The third kappa shape index (κ3) is 6.38. The molecule has 1 N–H and O–H groups in total. The summed E-state index contributed by atoms with van der Waals surface area (Å²) in [4.78, 5) is 27.9. The van der Waals surface area contributed by atoms with Gasteiger partial charge >= 0.3 is 0 Å². The Kier molecular flexibility index (Phi) is 9.10. The van der Waals surface area contributed by atoms with Gasteiger partial charge in [-0.25, -0.2) is 0 Å². The molecule has 0 bridgehead atoms. The Labute approximate surface area is 201 Å². The molecule has 3 rings (SSSR count). The monoisotopic (exact) mass is 466 g/mol. The Bertz CT molecular complexity index is 997. The normalized spacial score (nSPS) is 13.7. The van der Waals surface area contributed by atoms with E-state index in [1.54, 1.807) is 0 Å². The van der Waals surface area contributed by atoms with Gasteiger partial charge in [0.1, 0.15) is 17.2 Å². The molecule has 2 aromatic rings. The third-order valence-electron chi connectivity index (χ3n) is 5.20. The maximum Gasteiger partial charge on any atom is 0.278 e. The number of amides is 2. The first-order chi connectivity index (χ1) is 16.4. The van der Waals surface area contributed by atoms with Crippen LogP contribution in [-0.2, 0) is 14.3 Å². The molecule has 0 saturated carbocycles. The lowest BCUT2D eigenvalue weighted by atomic mass is 10.0. The van der Waals surface area contributed by atoms with Crippen molar-refractivity contribution in [2.75, 3.05) is 31.7 Å². The minimum absolute atomic E-state index is 0.101. The zero-order chi connectivity index (χ0) is 24.5. The fraction of sp³-hybridized carbons (Fsp3) is 0.407. The molecule has 1 heterocycles. The molecule has 0 saturated heterocycles. The maximum absolute atomic E-state index is 13.4. The molecule has 0 aromatic heterocycles. The number of ether oxygens (including phenoxy) is 3. The van der Waals surface area contributed by atoms with Gasteiger partial charge in [-0.2, -0.15) is 0 Å². The minimum atomic E-state index is -0.343. The van der Waals surface area contributed by atoms with Crippen molar-refractivity contribution in [3.8, 4) is 11.5 Å². The van der Waals surface area contributed by atoms with Crippen LogP contribution in [0.3, 0.4) is 0 Å². The van der Waals surface area contributed by atoms with Gasteiger partial charge in [-0.05, 0) is 75.6 Å². The molecule has 7 heteroatoms. The van der Waals surface area contributed by atoms with E-state index in [0.717, 1.165) is 17.9 Å². The number of imide groups is 1. The van der Waals surface area contributed by atoms with Crippen molar-refractivity contribution in [2.24, 2.45) is 0 Å². The highest BCUT2D eigenvalue weighted by Crippen LogP contribution is 2.32. The second kappa shape index (κ2) is 12.2. The average molecular weight is 467 g/mol. The van der Waals surface area contributed by atoms with Gasteiger partial charge in [-0.15, -0.1) is 0 Å². The molecule has 2 aromatic carbocycles. The predicted molar refractivity (Wildman–Crippen MR) is 133 cm³/mol. The van der Waals surface area contributed by atoms with Crippen LogP contribution in [0.1, 0.15) is 46.1 Å². The summed E-state index contributed by atoms with van der Waals surface area (Å²) in [6.45, 7) is 9.85. The quantitative estimate of drug-likeness (QED) is 0.335. The van der Waals surface area contributed by atoms with Crippen LogP contribution in [0.5, 0.6) is 11.5 Å². The predicted octanol–water partition coefficient (Wildman–Crippen LogP) is 4.88. The summed E-state index contributed by atoms with van der Waals surface area (Å²) in [5, 5.41) is 3.18. The lowest BCUT2D eigenvalue weighted by Crippen LogP contribution is -2.34. The Balaban J connectivity index is 1.86. The highest BCUT2D eigenvalue weighted by atomic mass is 16.5. The number of rotatable bonds is 13. The van der Waals surface area contributed by atoms with Gasteiger partial charge in [0.2, 0.25) is 0 Å². The third-order valence-corrected chi connectivity index (χ3v) is 5.20. The van der Waals surface area contributed by atoms with Crippen LogP contribution >= 0.6 is 0 Å². The second-order valence-corrected chi connectivity index (χ2v) is 8.24. The van der Waals surface area contributed by atoms with Crippen molar-refractivity contribution in [2.45, 2.75) is 46.6 Å². The van der Waals surface area contributed by atoms with Gasteiger partial charge in [0, 0.05) is 18.8 Å². The highest BCUT2D eigenvalue weighted by molar-refractivity contribution is 6.36. The number of nitrogens with one attached hydrogen (secondary N) is 1. The summed E-state index contributed by atoms with van der Waals surface area (Å²) < 4.78 is 16.7. The molecule has 2 amide bonds. The van der Waals surface area contributed by atoms with Crippen molar-refractivity contribution in [3.05, 3.63) is 59.8 Å². The van der Waals surface area contributed by atoms with Crippen molar-refractivity contribution in [3.63, 3.8) is 0 Å². The number of carbonyl (C=O) groups excluding carboxylic acids is 2. The van der Waals surface area contributed by atoms with E-state index >= 15 is 0 Å². The summed E-state index contributed by atoms with van der Waals surface area (Å²) in [7, 11) is 0. The van der Waals surface area contributed by atoms with E-state index in [0.29, 0.717) is 49.6 Å².